The van der Waals surface area contributed by atoms with E-state index < -0.39 is 0 Å². The van der Waals surface area contributed by atoms with Gasteiger partial charge in [-0.2, -0.15) is 0 Å². The van der Waals surface area contributed by atoms with Crippen molar-refractivity contribution in [2.45, 2.75) is 26.1 Å². The van der Waals surface area contributed by atoms with Gasteiger partial charge in [0.15, 0.2) is 0 Å². The Morgan fingerprint density at radius 2 is 1.27 bits per heavy atom. The van der Waals surface area contributed by atoms with Crippen molar-refractivity contribution in [1.29, 1.82) is 0 Å². The lowest BCUT2D eigenvalue weighted by atomic mass is 10.1. The minimum absolute atomic E-state index is 0.0244. The summed E-state index contributed by atoms with van der Waals surface area (Å²) in [7, 11) is 0. The Morgan fingerprint density at radius 3 is 2.00 bits per heavy atom. The molecule has 0 aliphatic heterocycles. The minimum Gasteiger partial charge on any atom is -0.352 e. The van der Waals surface area contributed by atoms with Crippen molar-refractivity contribution in [3.63, 3.8) is 0 Å². The summed E-state index contributed by atoms with van der Waals surface area (Å²) in [5.74, 6) is -0.0244. The standard InChI is InChI=1S/C24H24ClN3O2/c25-22-12-5-4-11-21(22)17-28-24(30)27-16-20-10-6-9-19(13-20)15-26-23(29)14-18-7-2-1-3-8-18/h1-13H,14-17H2,(H,26,29)(H2,27,28,30). The van der Waals surface area contributed by atoms with Gasteiger partial charge in [0.2, 0.25) is 5.91 Å². The van der Waals surface area contributed by atoms with Crippen LogP contribution in [0.15, 0.2) is 78.9 Å². The Balaban J connectivity index is 1.43. The van der Waals surface area contributed by atoms with Gasteiger partial charge in [-0.25, -0.2) is 4.79 Å². The zero-order valence-corrected chi connectivity index (χ0v) is 17.3. The molecule has 0 heterocycles. The highest BCUT2D eigenvalue weighted by molar-refractivity contribution is 6.31. The van der Waals surface area contributed by atoms with E-state index in [1.807, 2.05) is 72.8 Å². The Hall–Kier alpha value is -3.31. The van der Waals surface area contributed by atoms with Crippen LogP contribution in [-0.2, 0) is 30.8 Å². The molecule has 0 radical (unpaired) electrons. The van der Waals surface area contributed by atoms with E-state index in [0.29, 0.717) is 31.1 Å². The number of urea groups is 1. The quantitative estimate of drug-likeness (QED) is 0.510. The maximum Gasteiger partial charge on any atom is 0.315 e. The van der Waals surface area contributed by atoms with Crippen molar-refractivity contribution in [3.8, 4) is 0 Å². The van der Waals surface area contributed by atoms with Crippen molar-refractivity contribution in [1.82, 2.24) is 16.0 Å². The SMILES string of the molecule is O=C(Cc1ccccc1)NCc1cccc(CNC(=O)NCc2ccccc2Cl)c1. The van der Waals surface area contributed by atoms with Gasteiger partial charge in [-0.05, 0) is 28.3 Å². The summed E-state index contributed by atoms with van der Waals surface area (Å²) < 4.78 is 0. The molecule has 3 amide bonds. The number of rotatable bonds is 8. The van der Waals surface area contributed by atoms with E-state index in [2.05, 4.69) is 16.0 Å². The van der Waals surface area contributed by atoms with Gasteiger partial charge in [-0.3, -0.25) is 4.79 Å². The summed E-state index contributed by atoms with van der Waals surface area (Å²) in [6.07, 6.45) is 0.355. The van der Waals surface area contributed by atoms with Crippen LogP contribution in [0.2, 0.25) is 5.02 Å². The van der Waals surface area contributed by atoms with E-state index in [1.54, 1.807) is 6.07 Å². The molecule has 0 aliphatic rings. The normalized spacial score (nSPS) is 10.3. The molecule has 3 N–H and O–H groups in total. The van der Waals surface area contributed by atoms with E-state index >= 15 is 0 Å². The Kier molecular flexibility index (Phi) is 7.86. The number of nitrogens with one attached hydrogen (secondary N) is 3. The molecule has 0 aliphatic carbocycles. The molecule has 5 nitrogen and oxygen atoms in total. The van der Waals surface area contributed by atoms with Crippen LogP contribution >= 0.6 is 11.6 Å². The molecular formula is C24H24ClN3O2. The van der Waals surface area contributed by atoms with Crippen LogP contribution in [0.25, 0.3) is 0 Å². The number of carbonyl (C=O) groups excluding carboxylic acids is 2. The first-order valence-electron chi connectivity index (χ1n) is 9.74. The maximum absolute atomic E-state index is 12.1. The highest BCUT2D eigenvalue weighted by Gasteiger charge is 2.05. The monoisotopic (exact) mass is 421 g/mol. The van der Waals surface area contributed by atoms with Crippen LogP contribution in [0.3, 0.4) is 0 Å². The third-order valence-corrected chi connectivity index (χ3v) is 4.91. The van der Waals surface area contributed by atoms with Crippen LogP contribution in [0, 0.1) is 0 Å². The van der Waals surface area contributed by atoms with Crippen molar-refractivity contribution < 1.29 is 9.59 Å². The maximum atomic E-state index is 12.1. The lowest BCUT2D eigenvalue weighted by Gasteiger charge is -2.10. The summed E-state index contributed by atoms with van der Waals surface area (Å²) in [4.78, 5) is 24.2. The predicted octanol–water partition coefficient (Wildman–Crippen LogP) is 4.20. The van der Waals surface area contributed by atoms with Crippen molar-refractivity contribution in [2.24, 2.45) is 0 Å². The fraction of sp³-hybridized carbons (Fsp3) is 0.167. The van der Waals surface area contributed by atoms with Gasteiger partial charge in [0, 0.05) is 24.7 Å². The highest BCUT2D eigenvalue weighted by Crippen LogP contribution is 2.14. The number of benzene rings is 3. The van der Waals surface area contributed by atoms with Crippen LogP contribution in [0.4, 0.5) is 4.79 Å². The van der Waals surface area contributed by atoms with Gasteiger partial charge in [0.05, 0.1) is 6.42 Å². The van der Waals surface area contributed by atoms with Crippen LogP contribution < -0.4 is 16.0 Å². The van der Waals surface area contributed by atoms with E-state index in [-0.39, 0.29) is 11.9 Å². The first-order chi connectivity index (χ1) is 14.6. The molecule has 30 heavy (non-hydrogen) atoms. The lowest BCUT2D eigenvalue weighted by Crippen LogP contribution is -2.34. The smallest absolute Gasteiger partial charge is 0.315 e. The predicted molar refractivity (Wildman–Crippen MR) is 119 cm³/mol. The summed E-state index contributed by atoms with van der Waals surface area (Å²) >= 11 is 6.09. The second kappa shape index (κ2) is 11.0. The van der Waals surface area contributed by atoms with E-state index in [9.17, 15) is 9.59 Å². The molecule has 3 aromatic rings. The largest absolute Gasteiger partial charge is 0.352 e. The van der Waals surface area contributed by atoms with Crippen molar-refractivity contribution in [3.05, 3.63) is 106 Å². The van der Waals surface area contributed by atoms with Crippen molar-refractivity contribution in [2.75, 3.05) is 0 Å². The summed E-state index contributed by atoms with van der Waals surface area (Å²) in [5.41, 5.74) is 3.78. The van der Waals surface area contributed by atoms with Gasteiger partial charge in [-0.1, -0.05) is 84.4 Å². The fourth-order valence-corrected chi connectivity index (χ4v) is 3.16. The molecule has 0 aromatic heterocycles. The summed E-state index contributed by atoms with van der Waals surface area (Å²) in [6, 6.07) is 24.5. The zero-order chi connectivity index (χ0) is 21.2. The van der Waals surface area contributed by atoms with E-state index in [1.165, 1.54) is 0 Å². The average molecular weight is 422 g/mol. The van der Waals surface area contributed by atoms with Gasteiger partial charge in [0.1, 0.15) is 0 Å². The summed E-state index contributed by atoms with van der Waals surface area (Å²) in [5, 5.41) is 9.19. The first kappa shape index (κ1) is 21.4. The third-order valence-electron chi connectivity index (χ3n) is 4.54. The Morgan fingerprint density at radius 1 is 0.667 bits per heavy atom. The average Bonchev–Trinajstić information content (AvgIpc) is 2.77. The van der Waals surface area contributed by atoms with E-state index in [0.717, 1.165) is 22.3 Å². The number of carbonyl (C=O) groups is 2. The Labute approximate surface area is 181 Å². The summed E-state index contributed by atoms with van der Waals surface area (Å²) in [6.45, 7) is 1.19. The second-order valence-electron chi connectivity index (χ2n) is 6.89. The molecule has 0 unspecified atom stereocenters. The molecule has 6 heteroatoms. The first-order valence-corrected chi connectivity index (χ1v) is 10.1. The fourth-order valence-electron chi connectivity index (χ4n) is 2.96. The van der Waals surface area contributed by atoms with Crippen LogP contribution in [-0.4, -0.2) is 11.9 Å². The van der Waals surface area contributed by atoms with Crippen LogP contribution in [0.5, 0.6) is 0 Å². The van der Waals surface area contributed by atoms with Gasteiger partial charge >= 0.3 is 6.03 Å². The van der Waals surface area contributed by atoms with Crippen LogP contribution in [0.1, 0.15) is 22.3 Å². The molecule has 0 bridgehead atoms. The molecule has 3 rings (SSSR count). The highest BCUT2D eigenvalue weighted by atomic mass is 35.5. The van der Waals surface area contributed by atoms with Crippen molar-refractivity contribution >= 4 is 23.5 Å². The number of amides is 3. The molecular weight excluding hydrogens is 398 g/mol. The Bertz CT molecular complexity index is 993. The van der Waals surface area contributed by atoms with E-state index in [4.69, 9.17) is 11.6 Å². The number of halogens is 1. The second-order valence-corrected chi connectivity index (χ2v) is 7.29. The van der Waals surface area contributed by atoms with Gasteiger partial charge in [-0.15, -0.1) is 0 Å². The molecule has 0 fully saturated rings. The molecule has 0 atom stereocenters. The topological polar surface area (TPSA) is 70.2 Å². The number of hydrogen-bond acceptors (Lipinski definition) is 2. The molecule has 0 saturated heterocycles. The molecule has 3 aromatic carbocycles. The van der Waals surface area contributed by atoms with Gasteiger partial charge < -0.3 is 16.0 Å². The lowest BCUT2D eigenvalue weighted by molar-refractivity contribution is -0.120. The third kappa shape index (κ3) is 6.94. The van der Waals surface area contributed by atoms with Gasteiger partial charge in [0.25, 0.3) is 0 Å². The molecule has 0 saturated carbocycles. The minimum atomic E-state index is -0.267. The number of hydrogen-bond donors (Lipinski definition) is 3. The zero-order valence-electron chi connectivity index (χ0n) is 16.5. The molecule has 154 valence electrons. The molecule has 0 spiro atoms.